The summed E-state index contributed by atoms with van der Waals surface area (Å²) in [6.45, 7) is 0. The number of rotatable bonds is 6. The van der Waals surface area contributed by atoms with Gasteiger partial charge in [0.05, 0.1) is 0 Å². The van der Waals surface area contributed by atoms with E-state index in [1.54, 1.807) is 0 Å². The molecule has 0 fully saturated rings. The Kier molecular flexibility index (Phi) is 6.49. The average molecular weight is 639 g/mol. The number of hydrogen-bond acceptors (Lipinski definition) is 3. The maximum Gasteiger partial charge on any atom is 0.227 e. The lowest BCUT2D eigenvalue weighted by Gasteiger charge is -2.27. The quantitative estimate of drug-likeness (QED) is 0.181. The summed E-state index contributed by atoms with van der Waals surface area (Å²) in [6.07, 6.45) is 0. The summed E-state index contributed by atoms with van der Waals surface area (Å²) >= 11 is 0. The molecular weight excluding hydrogens is 609 g/mol. The van der Waals surface area contributed by atoms with Crippen LogP contribution in [-0.2, 0) is 0 Å². The molecule has 1 aromatic heterocycles. The molecule has 0 bridgehead atoms. The summed E-state index contributed by atoms with van der Waals surface area (Å²) in [4.78, 5) is 7.59. The standard InChI is InChI=1S/C47H30N2O/c1-3-13-31(14-4-1)34-19-9-22-37(27-34)49(38-23-10-20-35(28-38)32-15-5-2-6-16-32)39-29-36-21-12-26-42-44(36)43(30-39)45-46(42)50-47(48-45)41-25-11-18-33-17-7-8-24-40(33)41/h1-30H. The first-order valence-electron chi connectivity index (χ1n) is 17.0. The lowest BCUT2D eigenvalue weighted by Crippen LogP contribution is -2.10. The van der Waals surface area contributed by atoms with Crippen LogP contribution in [0.5, 0.6) is 0 Å². The minimum atomic E-state index is 0.642. The summed E-state index contributed by atoms with van der Waals surface area (Å²) in [5.74, 6) is 1.47. The third-order valence-corrected chi connectivity index (χ3v) is 9.79. The van der Waals surface area contributed by atoms with Crippen molar-refractivity contribution in [3.8, 4) is 56.3 Å². The van der Waals surface area contributed by atoms with E-state index in [1.165, 1.54) is 33.0 Å². The van der Waals surface area contributed by atoms with Crippen LogP contribution < -0.4 is 4.90 Å². The Balaban J connectivity index is 1.17. The van der Waals surface area contributed by atoms with Gasteiger partial charge < -0.3 is 9.32 Å². The van der Waals surface area contributed by atoms with E-state index < -0.39 is 0 Å². The molecule has 0 saturated heterocycles. The molecule has 0 unspecified atom stereocenters. The molecule has 0 atom stereocenters. The summed E-state index contributed by atoms with van der Waals surface area (Å²) in [5, 5.41) is 4.63. The Hall–Kier alpha value is -6.71. The third kappa shape index (κ3) is 4.63. The molecule has 10 rings (SSSR count). The van der Waals surface area contributed by atoms with E-state index in [0.717, 1.165) is 56.0 Å². The topological polar surface area (TPSA) is 29.3 Å². The van der Waals surface area contributed by atoms with E-state index in [1.807, 2.05) is 0 Å². The number of oxazole rings is 1. The molecule has 234 valence electrons. The summed E-state index contributed by atoms with van der Waals surface area (Å²) in [5.41, 5.74) is 12.0. The Morgan fingerprint density at radius 1 is 0.400 bits per heavy atom. The summed E-state index contributed by atoms with van der Waals surface area (Å²) < 4.78 is 6.67. The molecule has 0 spiro atoms. The van der Waals surface area contributed by atoms with E-state index in [-0.39, 0.29) is 0 Å². The number of benzene rings is 8. The lowest BCUT2D eigenvalue weighted by atomic mass is 10.00. The number of aromatic nitrogens is 1. The molecule has 0 amide bonds. The van der Waals surface area contributed by atoms with Crippen LogP contribution >= 0.6 is 0 Å². The third-order valence-electron chi connectivity index (χ3n) is 9.79. The second-order valence-electron chi connectivity index (χ2n) is 12.8. The fourth-order valence-electron chi connectivity index (χ4n) is 7.49. The van der Waals surface area contributed by atoms with Gasteiger partial charge in [0.25, 0.3) is 0 Å². The second-order valence-corrected chi connectivity index (χ2v) is 12.8. The maximum atomic E-state index is 6.67. The highest BCUT2D eigenvalue weighted by Crippen LogP contribution is 2.51. The van der Waals surface area contributed by atoms with Crippen LogP contribution in [0.2, 0.25) is 0 Å². The highest BCUT2D eigenvalue weighted by atomic mass is 16.4. The monoisotopic (exact) mass is 638 g/mol. The van der Waals surface area contributed by atoms with Gasteiger partial charge in [0, 0.05) is 39.1 Å². The van der Waals surface area contributed by atoms with Gasteiger partial charge in [-0.2, -0.15) is 0 Å². The van der Waals surface area contributed by atoms with Crippen LogP contribution in [0.15, 0.2) is 186 Å². The van der Waals surface area contributed by atoms with E-state index >= 15 is 0 Å². The molecule has 0 N–H and O–H groups in total. The molecule has 1 aliphatic rings. The molecule has 1 heterocycles. The molecule has 0 radical (unpaired) electrons. The zero-order valence-corrected chi connectivity index (χ0v) is 27.1. The normalized spacial score (nSPS) is 11.6. The molecular formula is C47H30N2O. The predicted octanol–water partition coefficient (Wildman–Crippen LogP) is 13.1. The lowest BCUT2D eigenvalue weighted by molar-refractivity contribution is 0.591. The highest BCUT2D eigenvalue weighted by Gasteiger charge is 2.30. The summed E-state index contributed by atoms with van der Waals surface area (Å²) in [6, 6.07) is 64.5. The van der Waals surface area contributed by atoms with Crippen LogP contribution in [0, 0.1) is 0 Å². The first-order valence-corrected chi connectivity index (χ1v) is 17.0. The van der Waals surface area contributed by atoms with Gasteiger partial charge in [0.2, 0.25) is 5.89 Å². The number of anilines is 3. The Labute approximate surface area is 290 Å². The second kappa shape index (κ2) is 11.5. The van der Waals surface area contributed by atoms with Gasteiger partial charge in [-0.25, -0.2) is 4.98 Å². The molecule has 3 nitrogen and oxygen atoms in total. The largest absolute Gasteiger partial charge is 0.435 e. The molecule has 8 aromatic carbocycles. The van der Waals surface area contributed by atoms with Crippen molar-refractivity contribution in [2.45, 2.75) is 0 Å². The van der Waals surface area contributed by atoms with E-state index in [0.29, 0.717) is 5.89 Å². The Morgan fingerprint density at radius 2 is 0.960 bits per heavy atom. The highest BCUT2D eigenvalue weighted by molar-refractivity contribution is 6.15. The van der Waals surface area contributed by atoms with E-state index in [4.69, 9.17) is 9.40 Å². The fraction of sp³-hybridized carbons (Fsp3) is 0. The minimum absolute atomic E-state index is 0.642. The summed E-state index contributed by atoms with van der Waals surface area (Å²) in [7, 11) is 0. The van der Waals surface area contributed by atoms with Crippen molar-refractivity contribution in [3.05, 3.63) is 182 Å². The fourth-order valence-corrected chi connectivity index (χ4v) is 7.49. The van der Waals surface area contributed by atoms with Gasteiger partial charge in [-0.3, -0.25) is 0 Å². The molecule has 50 heavy (non-hydrogen) atoms. The maximum absolute atomic E-state index is 6.67. The molecule has 3 heteroatoms. The van der Waals surface area contributed by atoms with Gasteiger partial charge in [0.1, 0.15) is 5.69 Å². The van der Waals surface area contributed by atoms with E-state index in [2.05, 4.69) is 187 Å². The van der Waals surface area contributed by atoms with Gasteiger partial charge in [-0.15, -0.1) is 0 Å². The van der Waals surface area contributed by atoms with Crippen molar-refractivity contribution in [1.29, 1.82) is 0 Å². The van der Waals surface area contributed by atoms with Crippen LogP contribution in [-0.4, -0.2) is 4.98 Å². The van der Waals surface area contributed by atoms with Crippen molar-refractivity contribution in [3.63, 3.8) is 0 Å². The van der Waals surface area contributed by atoms with Gasteiger partial charge in [0.15, 0.2) is 5.76 Å². The van der Waals surface area contributed by atoms with Crippen molar-refractivity contribution in [2.75, 3.05) is 4.90 Å². The van der Waals surface area contributed by atoms with Crippen molar-refractivity contribution in [1.82, 2.24) is 4.98 Å². The first-order chi connectivity index (χ1) is 24.8. The van der Waals surface area contributed by atoms with Crippen LogP contribution in [0.25, 0.3) is 77.8 Å². The zero-order chi connectivity index (χ0) is 33.0. The van der Waals surface area contributed by atoms with Crippen LogP contribution in [0.4, 0.5) is 17.1 Å². The number of fused-ring (bicyclic) bond motifs is 4. The van der Waals surface area contributed by atoms with Gasteiger partial charge in [-0.1, -0.05) is 140 Å². The molecule has 0 aliphatic heterocycles. The van der Waals surface area contributed by atoms with Crippen molar-refractivity contribution < 1.29 is 4.42 Å². The Morgan fingerprint density at radius 3 is 1.66 bits per heavy atom. The van der Waals surface area contributed by atoms with Crippen LogP contribution in [0.1, 0.15) is 0 Å². The van der Waals surface area contributed by atoms with Crippen LogP contribution in [0.3, 0.4) is 0 Å². The zero-order valence-electron chi connectivity index (χ0n) is 27.1. The molecule has 0 saturated carbocycles. The Bertz CT molecular complexity index is 2620. The SMILES string of the molecule is c1ccc(-c2cccc(N(c3cccc(-c4ccccc4)c3)c3cc4c5c(cccc5c3)-c3oc(-c5cccc6ccccc56)nc3-4)c2)cc1. The number of nitrogens with zero attached hydrogens (tertiary/aromatic N) is 2. The van der Waals surface area contributed by atoms with Gasteiger partial charge >= 0.3 is 0 Å². The first kappa shape index (κ1) is 28.3. The van der Waals surface area contributed by atoms with Crippen molar-refractivity contribution >= 4 is 38.6 Å². The minimum Gasteiger partial charge on any atom is -0.435 e. The molecule has 1 aliphatic carbocycles. The number of hydrogen-bond donors (Lipinski definition) is 0. The van der Waals surface area contributed by atoms with Crippen molar-refractivity contribution in [2.24, 2.45) is 0 Å². The smallest absolute Gasteiger partial charge is 0.227 e. The average Bonchev–Trinajstić information content (AvgIpc) is 3.75. The predicted molar refractivity (Wildman–Crippen MR) is 207 cm³/mol. The van der Waals surface area contributed by atoms with E-state index in [9.17, 15) is 0 Å². The molecule has 9 aromatic rings. The van der Waals surface area contributed by atoms with Gasteiger partial charge in [-0.05, 0) is 80.9 Å².